The smallest absolute Gasteiger partial charge is 0.407 e. The predicted molar refractivity (Wildman–Crippen MR) is 119 cm³/mol. The van der Waals surface area contributed by atoms with Crippen LogP contribution in [0.15, 0.2) is 24.3 Å². The first-order valence-electron chi connectivity index (χ1n) is 11.3. The molecule has 0 spiro atoms. The third-order valence-corrected chi connectivity index (χ3v) is 5.23. The summed E-state index contributed by atoms with van der Waals surface area (Å²) in [6, 6.07) is 5.17. The number of ether oxygens (including phenoxy) is 2. The number of benzene rings is 1. The maximum atomic E-state index is 13.8. The zero-order chi connectivity index (χ0) is 23.6. The third-order valence-electron chi connectivity index (χ3n) is 5.23. The number of hydrogen-bond donors (Lipinski definition) is 2. The van der Waals surface area contributed by atoms with Crippen molar-refractivity contribution in [2.45, 2.75) is 77.4 Å². The van der Waals surface area contributed by atoms with Crippen LogP contribution in [0.4, 0.5) is 9.18 Å². The van der Waals surface area contributed by atoms with Crippen LogP contribution in [0.3, 0.4) is 0 Å². The summed E-state index contributed by atoms with van der Waals surface area (Å²) in [5.41, 5.74) is -0.565. The molecule has 0 aliphatic heterocycles. The molecule has 7 nitrogen and oxygen atoms in total. The molecule has 0 bridgehead atoms. The lowest BCUT2D eigenvalue weighted by Crippen LogP contribution is -2.45. The molecule has 0 heterocycles. The van der Waals surface area contributed by atoms with Crippen LogP contribution >= 0.6 is 0 Å². The van der Waals surface area contributed by atoms with Gasteiger partial charge in [-0.1, -0.05) is 25.0 Å². The summed E-state index contributed by atoms with van der Waals surface area (Å²) >= 11 is 0. The Hall–Kier alpha value is -2.64. The quantitative estimate of drug-likeness (QED) is 0.494. The van der Waals surface area contributed by atoms with E-state index >= 15 is 0 Å². The van der Waals surface area contributed by atoms with Crippen LogP contribution in [-0.2, 0) is 14.3 Å². The second-order valence-electron chi connectivity index (χ2n) is 9.15. The average molecular weight is 451 g/mol. The van der Waals surface area contributed by atoms with Gasteiger partial charge in [-0.15, -0.1) is 0 Å². The standard InChI is InChI=1S/C24H35FN2O5/c1-24(2,3)32-23(30)26-15-9-8-13-19(27-22(29)17-10-4-5-11-17)20(28)16-31-21-14-7-6-12-18(21)25/h6-7,12,14,17,19H,4-5,8-11,13,15-16H2,1-3H3,(H,26,30)(H,27,29)/t19-/m0/s1. The Morgan fingerprint density at radius 1 is 1.12 bits per heavy atom. The van der Waals surface area contributed by atoms with E-state index in [0.29, 0.717) is 25.8 Å². The molecule has 0 saturated heterocycles. The van der Waals surface area contributed by atoms with E-state index in [2.05, 4.69) is 10.6 Å². The predicted octanol–water partition coefficient (Wildman–Crippen LogP) is 4.14. The molecule has 178 valence electrons. The molecule has 2 amide bonds. The summed E-state index contributed by atoms with van der Waals surface area (Å²) in [6.07, 6.45) is 4.85. The topological polar surface area (TPSA) is 93.7 Å². The van der Waals surface area contributed by atoms with Crippen molar-refractivity contribution in [3.05, 3.63) is 30.1 Å². The van der Waals surface area contributed by atoms with Crippen LogP contribution in [0.25, 0.3) is 0 Å². The molecular formula is C24H35FN2O5. The van der Waals surface area contributed by atoms with Crippen molar-refractivity contribution in [1.29, 1.82) is 0 Å². The Bertz CT molecular complexity index is 772. The van der Waals surface area contributed by atoms with E-state index in [4.69, 9.17) is 9.47 Å². The second-order valence-corrected chi connectivity index (χ2v) is 9.15. The molecule has 2 N–H and O–H groups in total. The fourth-order valence-corrected chi connectivity index (χ4v) is 3.58. The summed E-state index contributed by atoms with van der Waals surface area (Å²) in [4.78, 5) is 37.0. The van der Waals surface area contributed by atoms with Gasteiger partial charge in [0.05, 0.1) is 6.04 Å². The summed E-state index contributed by atoms with van der Waals surface area (Å²) in [6.45, 7) is 5.45. The molecule has 1 fully saturated rings. The van der Waals surface area contributed by atoms with Crippen molar-refractivity contribution in [1.82, 2.24) is 10.6 Å². The summed E-state index contributed by atoms with van der Waals surface area (Å²) in [5.74, 6) is -1.02. The maximum Gasteiger partial charge on any atom is 0.407 e. The lowest BCUT2D eigenvalue weighted by Gasteiger charge is -2.21. The molecule has 1 saturated carbocycles. The number of amides is 2. The van der Waals surface area contributed by atoms with Gasteiger partial charge in [-0.25, -0.2) is 9.18 Å². The Kier molecular flexibility index (Phi) is 9.94. The second kappa shape index (κ2) is 12.4. The number of carbonyl (C=O) groups is 3. The first-order chi connectivity index (χ1) is 15.2. The van der Waals surface area contributed by atoms with Crippen molar-refractivity contribution in [3.63, 3.8) is 0 Å². The van der Waals surface area contributed by atoms with Crippen molar-refractivity contribution in [2.24, 2.45) is 5.92 Å². The van der Waals surface area contributed by atoms with E-state index in [9.17, 15) is 18.8 Å². The van der Waals surface area contributed by atoms with Crippen molar-refractivity contribution < 1.29 is 28.2 Å². The van der Waals surface area contributed by atoms with Crippen LogP contribution in [0.2, 0.25) is 0 Å². The number of halogens is 1. The Balaban J connectivity index is 1.84. The van der Waals surface area contributed by atoms with Gasteiger partial charge in [0, 0.05) is 12.5 Å². The number of nitrogens with one attached hydrogen (secondary N) is 2. The van der Waals surface area contributed by atoms with E-state index in [-0.39, 0.29) is 30.0 Å². The number of para-hydroxylation sites is 1. The number of hydrogen-bond acceptors (Lipinski definition) is 5. The number of Topliss-reactive ketones (excluding diaryl/α,β-unsaturated/α-hetero) is 1. The summed E-state index contributed by atoms with van der Waals surface area (Å²) in [7, 11) is 0. The molecule has 0 radical (unpaired) electrons. The Labute approximate surface area is 189 Å². The summed E-state index contributed by atoms with van der Waals surface area (Å²) < 4.78 is 24.3. The molecular weight excluding hydrogens is 415 g/mol. The van der Waals surface area contributed by atoms with Gasteiger partial charge in [-0.05, 0) is 65.0 Å². The molecule has 1 aliphatic rings. The molecule has 0 aromatic heterocycles. The van der Waals surface area contributed by atoms with Gasteiger partial charge in [0.15, 0.2) is 17.3 Å². The van der Waals surface area contributed by atoms with Gasteiger partial charge in [0.25, 0.3) is 0 Å². The van der Waals surface area contributed by atoms with Gasteiger partial charge in [0.1, 0.15) is 12.2 Å². The zero-order valence-electron chi connectivity index (χ0n) is 19.2. The molecule has 8 heteroatoms. The van der Waals surface area contributed by atoms with E-state index in [1.165, 1.54) is 12.1 Å². The van der Waals surface area contributed by atoms with Gasteiger partial charge < -0.3 is 20.1 Å². The van der Waals surface area contributed by atoms with E-state index in [0.717, 1.165) is 25.7 Å². The lowest BCUT2D eigenvalue weighted by atomic mass is 10.0. The van der Waals surface area contributed by atoms with Gasteiger partial charge >= 0.3 is 6.09 Å². The molecule has 2 rings (SSSR count). The highest BCUT2D eigenvalue weighted by Gasteiger charge is 2.27. The normalized spacial score (nSPS) is 15.1. The Morgan fingerprint density at radius 3 is 2.47 bits per heavy atom. The fraction of sp³-hybridized carbons (Fsp3) is 0.625. The number of unbranched alkanes of at least 4 members (excludes halogenated alkanes) is 1. The third kappa shape index (κ3) is 9.24. The van der Waals surface area contributed by atoms with Crippen LogP contribution in [0.5, 0.6) is 5.75 Å². The molecule has 1 aromatic rings. The minimum atomic E-state index is -0.712. The number of carbonyl (C=O) groups excluding carboxylic acids is 3. The van der Waals surface area contributed by atoms with Gasteiger partial charge in [0.2, 0.25) is 5.91 Å². The minimum Gasteiger partial charge on any atom is -0.483 e. The van der Waals surface area contributed by atoms with Gasteiger partial charge in [-0.2, -0.15) is 0 Å². The van der Waals surface area contributed by atoms with E-state index in [1.54, 1.807) is 32.9 Å². The monoisotopic (exact) mass is 450 g/mol. The van der Waals surface area contributed by atoms with Crippen LogP contribution in [0.1, 0.15) is 65.7 Å². The molecule has 1 aliphatic carbocycles. The van der Waals surface area contributed by atoms with E-state index < -0.39 is 23.6 Å². The number of alkyl carbamates (subject to hydrolysis) is 1. The highest BCUT2D eigenvalue weighted by Crippen LogP contribution is 2.25. The molecule has 1 aromatic carbocycles. The first kappa shape index (κ1) is 25.6. The first-order valence-corrected chi connectivity index (χ1v) is 11.3. The minimum absolute atomic E-state index is 0.00304. The zero-order valence-corrected chi connectivity index (χ0v) is 19.2. The average Bonchev–Trinajstić information content (AvgIpc) is 3.25. The highest BCUT2D eigenvalue weighted by molar-refractivity contribution is 5.90. The van der Waals surface area contributed by atoms with Crippen LogP contribution in [-0.4, -0.2) is 42.6 Å². The molecule has 0 unspecified atom stereocenters. The fourth-order valence-electron chi connectivity index (χ4n) is 3.58. The van der Waals surface area contributed by atoms with Gasteiger partial charge in [-0.3, -0.25) is 9.59 Å². The molecule has 1 atom stereocenters. The summed E-state index contributed by atoms with van der Waals surface area (Å²) in [5, 5.41) is 5.55. The molecule has 32 heavy (non-hydrogen) atoms. The number of ketones is 1. The Morgan fingerprint density at radius 2 is 1.81 bits per heavy atom. The SMILES string of the molecule is CC(C)(C)OC(=O)NCCCC[C@H](NC(=O)C1CCCC1)C(=O)COc1ccccc1F. The lowest BCUT2D eigenvalue weighted by molar-refractivity contribution is -0.131. The van der Waals surface area contributed by atoms with Crippen molar-refractivity contribution in [3.8, 4) is 5.75 Å². The van der Waals surface area contributed by atoms with Crippen LogP contribution < -0.4 is 15.4 Å². The van der Waals surface area contributed by atoms with Crippen molar-refractivity contribution in [2.75, 3.05) is 13.2 Å². The van der Waals surface area contributed by atoms with E-state index in [1.807, 2.05) is 0 Å². The number of rotatable bonds is 11. The largest absolute Gasteiger partial charge is 0.483 e. The maximum absolute atomic E-state index is 13.8. The highest BCUT2D eigenvalue weighted by atomic mass is 19.1. The van der Waals surface area contributed by atoms with Crippen LogP contribution in [0, 0.1) is 11.7 Å². The van der Waals surface area contributed by atoms with Crippen molar-refractivity contribution >= 4 is 17.8 Å².